The number of benzene rings is 1. The van der Waals surface area contributed by atoms with Gasteiger partial charge in [0.25, 0.3) is 0 Å². The molecule has 1 aliphatic rings. The van der Waals surface area contributed by atoms with Crippen LogP contribution in [-0.4, -0.2) is 40.1 Å². The molecule has 1 heterocycles. The van der Waals surface area contributed by atoms with Gasteiger partial charge in [-0.3, -0.25) is 14.5 Å². The monoisotopic (exact) mass is 281 g/mol. The predicted octanol–water partition coefficient (Wildman–Crippen LogP) is 1.75. The maximum absolute atomic E-state index is 13.3. The number of piperidine rings is 1. The van der Waals surface area contributed by atoms with Crippen molar-refractivity contribution in [2.45, 2.75) is 18.9 Å². The van der Waals surface area contributed by atoms with Crippen LogP contribution in [0.15, 0.2) is 24.3 Å². The molecule has 0 aliphatic carbocycles. The van der Waals surface area contributed by atoms with Crippen molar-refractivity contribution in [2.24, 2.45) is 5.92 Å². The summed E-state index contributed by atoms with van der Waals surface area (Å²) >= 11 is 0. The molecule has 0 radical (unpaired) electrons. The Bertz CT molecular complexity index is 520. The number of hydrogen-bond donors (Lipinski definition) is 2. The molecule has 1 aromatic carbocycles. The standard InChI is InChI=1S/C14H16FNO4/c15-11-5-1-3-9(7-11)12(14(19)20)16-6-2-4-10(8-16)13(17)18/h1,3,5,7,10,12H,2,4,6,8H2,(H,17,18)(H,19,20). The minimum atomic E-state index is -1.10. The van der Waals surface area contributed by atoms with Crippen molar-refractivity contribution in [3.05, 3.63) is 35.6 Å². The number of carboxylic acid groups (broad SMARTS) is 2. The summed E-state index contributed by atoms with van der Waals surface area (Å²) in [4.78, 5) is 24.1. The summed E-state index contributed by atoms with van der Waals surface area (Å²) in [6, 6.07) is 4.43. The molecule has 2 unspecified atom stereocenters. The van der Waals surface area contributed by atoms with Crippen LogP contribution in [0.25, 0.3) is 0 Å². The van der Waals surface area contributed by atoms with E-state index in [4.69, 9.17) is 5.11 Å². The number of halogens is 1. The Morgan fingerprint density at radius 2 is 2.10 bits per heavy atom. The minimum absolute atomic E-state index is 0.169. The fourth-order valence-electron chi connectivity index (χ4n) is 2.63. The second-order valence-corrected chi connectivity index (χ2v) is 4.97. The van der Waals surface area contributed by atoms with Gasteiger partial charge in [-0.05, 0) is 37.1 Å². The molecule has 6 heteroatoms. The number of nitrogens with zero attached hydrogens (tertiary/aromatic N) is 1. The van der Waals surface area contributed by atoms with Crippen molar-refractivity contribution >= 4 is 11.9 Å². The quantitative estimate of drug-likeness (QED) is 0.879. The summed E-state index contributed by atoms with van der Waals surface area (Å²) in [7, 11) is 0. The Kier molecular flexibility index (Phi) is 4.34. The third kappa shape index (κ3) is 3.14. The van der Waals surface area contributed by atoms with Crippen molar-refractivity contribution in [2.75, 3.05) is 13.1 Å². The topological polar surface area (TPSA) is 77.8 Å². The average molecular weight is 281 g/mol. The van der Waals surface area contributed by atoms with Crippen molar-refractivity contribution in [3.63, 3.8) is 0 Å². The van der Waals surface area contributed by atoms with Crippen molar-refractivity contribution in [3.8, 4) is 0 Å². The van der Waals surface area contributed by atoms with E-state index in [0.717, 1.165) is 0 Å². The molecule has 1 aliphatic heterocycles. The molecule has 108 valence electrons. The van der Waals surface area contributed by atoms with Gasteiger partial charge < -0.3 is 10.2 Å². The van der Waals surface area contributed by atoms with Gasteiger partial charge in [0.15, 0.2) is 0 Å². The van der Waals surface area contributed by atoms with Crippen LogP contribution in [0.3, 0.4) is 0 Å². The van der Waals surface area contributed by atoms with Crippen LogP contribution in [0, 0.1) is 11.7 Å². The molecule has 0 amide bonds. The van der Waals surface area contributed by atoms with E-state index in [1.165, 1.54) is 18.2 Å². The summed E-state index contributed by atoms with van der Waals surface area (Å²) in [5, 5.41) is 18.4. The zero-order chi connectivity index (χ0) is 14.7. The Balaban J connectivity index is 2.25. The molecule has 1 aromatic rings. The lowest BCUT2D eigenvalue weighted by Crippen LogP contribution is -2.43. The molecule has 2 N–H and O–H groups in total. The van der Waals surface area contributed by atoms with Gasteiger partial charge >= 0.3 is 11.9 Å². The van der Waals surface area contributed by atoms with Crippen molar-refractivity contribution in [1.29, 1.82) is 0 Å². The van der Waals surface area contributed by atoms with Crippen molar-refractivity contribution < 1.29 is 24.2 Å². The van der Waals surface area contributed by atoms with Crippen LogP contribution in [0.5, 0.6) is 0 Å². The number of aliphatic carboxylic acids is 2. The molecule has 0 spiro atoms. The van der Waals surface area contributed by atoms with Gasteiger partial charge in [-0.25, -0.2) is 4.39 Å². The normalized spacial score (nSPS) is 21.4. The van der Waals surface area contributed by atoms with Gasteiger partial charge in [0, 0.05) is 6.54 Å². The van der Waals surface area contributed by atoms with Gasteiger partial charge in [-0.15, -0.1) is 0 Å². The molecule has 1 fully saturated rings. The summed E-state index contributed by atoms with van der Waals surface area (Å²) in [6.07, 6.45) is 1.16. The van der Waals surface area contributed by atoms with E-state index in [2.05, 4.69) is 0 Å². The maximum atomic E-state index is 13.3. The van der Waals surface area contributed by atoms with Gasteiger partial charge in [0.1, 0.15) is 11.9 Å². The lowest BCUT2D eigenvalue weighted by molar-refractivity contribution is -0.149. The third-order valence-corrected chi connectivity index (χ3v) is 3.57. The summed E-state index contributed by atoms with van der Waals surface area (Å²) < 4.78 is 13.3. The zero-order valence-electron chi connectivity index (χ0n) is 10.8. The van der Waals surface area contributed by atoms with Gasteiger partial charge in [0.2, 0.25) is 0 Å². The van der Waals surface area contributed by atoms with E-state index >= 15 is 0 Å². The highest BCUT2D eigenvalue weighted by Crippen LogP contribution is 2.27. The van der Waals surface area contributed by atoms with Crippen LogP contribution in [0.4, 0.5) is 4.39 Å². The second-order valence-electron chi connectivity index (χ2n) is 4.97. The summed E-state index contributed by atoms with van der Waals surface area (Å²) in [5.74, 6) is -3.08. The first-order chi connectivity index (χ1) is 9.49. The number of rotatable bonds is 4. The lowest BCUT2D eigenvalue weighted by Gasteiger charge is -2.35. The van der Waals surface area contributed by atoms with Gasteiger partial charge in [0.05, 0.1) is 5.92 Å². The molecule has 0 aromatic heterocycles. The molecule has 0 bridgehead atoms. The molecular formula is C14H16FNO4. The Labute approximate surface area is 115 Å². The van der Waals surface area contributed by atoms with E-state index in [9.17, 15) is 19.1 Å². The average Bonchev–Trinajstić information content (AvgIpc) is 2.39. The predicted molar refractivity (Wildman–Crippen MR) is 68.7 cm³/mol. The van der Waals surface area contributed by atoms with E-state index < -0.39 is 29.7 Å². The van der Waals surface area contributed by atoms with E-state index in [1.54, 1.807) is 11.0 Å². The van der Waals surface area contributed by atoms with Crippen molar-refractivity contribution in [1.82, 2.24) is 4.90 Å². The number of carboxylic acids is 2. The smallest absolute Gasteiger partial charge is 0.325 e. The molecular weight excluding hydrogens is 265 g/mol. The van der Waals surface area contributed by atoms with Gasteiger partial charge in [-0.1, -0.05) is 12.1 Å². The second kappa shape index (κ2) is 6.00. The molecule has 0 saturated carbocycles. The number of hydrogen-bond acceptors (Lipinski definition) is 3. The first kappa shape index (κ1) is 14.5. The summed E-state index contributed by atoms with van der Waals surface area (Å²) in [6.45, 7) is 0.667. The summed E-state index contributed by atoms with van der Waals surface area (Å²) in [5.41, 5.74) is 0.337. The van der Waals surface area contributed by atoms with Gasteiger partial charge in [-0.2, -0.15) is 0 Å². The molecule has 2 atom stereocenters. The Morgan fingerprint density at radius 1 is 1.35 bits per heavy atom. The SMILES string of the molecule is O=C(O)C1CCCN(C(C(=O)O)c2cccc(F)c2)C1. The first-order valence-electron chi connectivity index (χ1n) is 6.44. The van der Waals surface area contributed by atoms with Crippen LogP contribution in [0.2, 0.25) is 0 Å². The minimum Gasteiger partial charge on any atom is -0.481 e. The lowest BCUT2D eigenvalue weighted by atomic mass is 9.95. The van der Waals surface area contributed by atoms with Crippen LogP contribution in [0.1, 0.15) is 24.4 Å². The first-order valence-corrected chi connectivity index (χ1v) is 6.44. The number of carbonyl (C=O) groups is 2. The highest BCUT2D eigenvalue weighted by molar-refractivity contribution is 5.76. The van der Waals surface area contributed by atoms with Crippen LogP contribution >= 0.6 is 0 Å². The molecule has 5 nitrogen and oxygen atoms in total. The maximum Gasteiger partial charge on any atom is 0.325 e. The largest absolute Gasteiger partial charge is 0.481 e. The van der Waals surface area contributed by atoms with Crippen LogP contribution in [-0.2, 0) is 9.59 Å². The van der Waals surface area contributed by atoms with Crippen LogP contribution < -0.4 is 0 Å². The van der Waals surface area contributed by atoms with E-state index in [0.29, 0.717) is 24.9 Å². The molecule has 20 heavy (non-hydrogen) atoms. The molecule has 2 rings (SSSR count). The third-order valence-electron chi connectivity index (χ3n) is 3.57. The highest BCUT2D eigenvalue weighted by Gasteiger charge is 2.34. The fourth-order valence-corrected chi connectivity index (χ4v) is 2.63. The fraction of sp³-hybridized carbons (Fsp3) is 0.429. The Morgan fingerprint density at radius 3 is 2.70 bits per heavy atom. The zero-order valence-corrected chi connectivity index (χ0v) is 10.8. The van der Waals surface area contributed by atoms with E-state index in [1.807, 2.05) is 0 Å². The Hall–Kier alpha value is -1.95. The highest BCUT2D eigenvalue weighted by atomic mass is 19.1. The molecule has 1 saturated heterocycles. The number of likely N-dealkylation sites (tertiary alicyclic amines) is 1. The van der Waals surface area contributed by atoms with E-state index in [-0.39, 0.29) is 6.54 Å².